The quantitative estimate of drug-likeness (QED) is 0.742. The fourth-order valence-corrected chi connectivity index (χ4v) is 3.36. The first-order chi connectivity index (χ1) is 12.1. The number of hydrogen-bond donors (Lipinski definition) is 1. The average Bonchev–Trinajstić information content (AvgIpc) is 3.08. The molecule has 1 heterocycles. The number of carbonyl (C=O) groups is 1. The van der Waals surface area contributed by atoms with Crippen molar-refractivity contribution in [2.45, 2.75) is 20.4 Å². The molecule has 0 unspecified atom stereocenters. The molecule has 1 N–H and O–H groups in total. The lowest BCUT2D eigenvalue weighted by Gasteiger charge is -2.18. The van der Waals surface area contributed by atoms with Crippen molar-refractivity contribution in [1.29, 1.82) is 0 Å². The van der Waals surface area contributed by atoms with Gasteiger partial charge in [0, 0.05) is 18.5 Å². The molecule has 0 bridgehead atoms. The smallest absolute Gasteiger partial charge is 0.234 e. The Balaban J connectivity index is 2.16. The second-order valence-electron chi connectivity index (χ2n) is 5.44. The van der Waals surface area contributed by atoms with Gasteiger partial charge in [0.2, 0.25) is 5.91 Å². The monoisotopic (exact) mass is 363 g/mol. The molecule has 0 aliphatic rings. The topological polar surface area (TPSA) is 63.7 Å². The fourth-order valence-electron chi connectivity index (χ4n) is 2.52. The Labute approximate surface area is 152 Å². The molecule has 0 atom stereocenters. The number of nitrogens with zero attached hydrogens (tertiary/aromatic N) is 2. The standard InChI is InChI=1S/C18H25N3O3S/c1-5-19-16(22)11-21(6-2)10-13-12-25-18(20-13)14-8-7-9-15(23-3)17(14)24-4/h7-9,12H,5-6,10-11H2,1-4H3,(H,19,22). The number of likely N-dealkylation sites (N-methyl/N-ethyl adjacent to an activating group) is 2. The van der Waals surface area contributed by atoms with Gasteiger partial charge in [-0.25, -0.2) is 4.98 Å². The maximum absolute atomic E-state index is 11.8. The minimum Gasteiger partial charge on any atom is -0.493 e. The summed E-state index contributed by atoms with van der Waals surface area (Å²) in [5, 5.41) is 5.72. The van der Waals surface area contributed by atoms with Crippen LogP contribution < -0.4 is 14.8 Å². The average molecular weight is 363 g/mol. The van der Waals surface area contributed by atoms with Gasteiger partial charge in [-0.1, -0.05) is 13.0 Å². The van der Waals surface area contributed by atoms with E-state index in [1.165, 1.54) is 0 Å². The SMILES string of the molecule is CCNC(=O)CN(CC)Cc1csc(-c2cccc(OC)c2OC)n1. The van der Waals surface area contributed by atoms with Crippen molar-refractivity contribution < 1.29 is 14.3 Å². The molecule has 6 nitrogen and oxygen atoms in total. The Bertz CT molecular complexity index is 703. The first-order valence-electron chi connectivity index (χ1n) is 8.27. The van der Waals surface area contributed by atoms with Crippen LogP contribution in [0, 0.1) is 0 Å². The maximum atomic E-state index is 11.8. The molecule has 0 aliphatic carbocycles. The molecule has 0 aliphatic heterocycles. The number of aromatic nitrogens is 1. The van der Waals surface area contributed by atoms with Crippen molar-refractivity contribution in [2.75, 3.05) is 33.9 Å². The largest absolute Gasteiger partial charge is 0.493 e. The van der Waals surface area contributed by atoms with Crippen molar-refractivity contribution in [1.82, 2.24) is 15.2 Å². The second kappa shape index (κ2) is 9.39. The van der Waals surface area contributed by atoms with Crippen molar-refractivity contribution in [3.05, 3.63) is 29.3 Å². The van der Waals surface area contributed by atoms with Gasteiger partial charge in [-0.05, 0) is 25.6 Å². The third-order valence-corrected chi connectivity index (χ3v) is 4.68. The van der Waals surface area contributed by atoms with Crippen LogP contribution in [-0.2, 0) is 11.3 Å². The number of thiazole rings is 1. The third-order valence-electron chi connectivity index (χ3n) is 3.76. The van der Waals surface area contributed by atoms with E-state index in [0.717, 1.165) is 22.8 Å². The zero-order valence-electron chi connectivity index (χ0n) is 15.2. The summed E-state index contributed by atoms with van der Waals surface area (Å²) in [7, 11) is 3.25. The summed E-state index contributed by atoms with van der Waals surface area (Å²) in [4.78, 5) is 18.6. The van der Waals surface area contributed by atoms with Gasteiger partial charge < -0.3 is 14.8 Å². The lowest BCUT2D eigenvalue weighted by molar-refractivity contribution is -0.122. The van der Waals surface area contributed by atoms with Crippen LogP contribution in [0.25, 0.3) is 10.6 Å². The van der Waals surface area contributed by atoms with Crippen LogP contribution in [0.4, 0.5) is 0 Å². The lowest BCUT2D eigenvalue weighted by Crippen LogP contribution is -2.36. The van der Waals surface area contributed by atoms with E-state index < -0.39 is 0 Å². The Morgan fingerprint density at radius 2 is 2.08 bits per heavy atom. The zero-order chi connectivity index (χ0) is 18.2. The number of nitrogens with one attached hydrogen (secondary N) is 1. The minimum atomic E-state index is 0.0364. The van der Waals surface area contributed by atoms with Crippen LogP contribution in [0.2, 0.25) is 0 Å². The summed E-state index contributed by atoms with van der Waals surface area (Å²) in [6.07, 6.45) is 0. The number of methoxy groups -OCH3 is 2. The van der Waals surface area contributed by atoms with Crippen LogP contribution in [0.3, 0.4) is 0 Å². The van der Waals surface area contributed by atoms with E-state index in [9.17, 15) is 4.79 Å². The highest BCUT2D eigenvalue weighted by Gasteiger charge is 2.16. The summed E-state index contributed by atoms with van der Waals surface area (Å²) in [6, 6.07) is 5.75. The molecule has 0 saturated heterocycles. The third kappa shape index (κ3) is 4.93. The van der Waals surface area contributed by atoms with E-state index in [4.69, 9.17) is 14.5 Å². The summed E-state index contributed by atoms with van der Waals surface area (Å²) in [6.45, 7) is 6.40. The molecule has 0 spiro atoms. The normalized spacial score (nSPS) is 10.8. The maximum Gasteiger partial charge on any atom is 0.234 e. The van der Waals surface area contributed by atoms with Gasteiger partial charge in [0.1, 0.15) is 5.01 Å². The minimum absolute atomic E-state index is 0.0364. The Kier molecular flexibility index (Phi) is 7.21. The molecule has 2 aromatic rings. The number of carbonyl (C=O) groups excluding carboxylic acids is 1. The molecule has 0 fully saturated rings. The zero-order valence-corrected chi connectivity index (χ0v) is 16.0. The van der Waals surface area contributed by atoms with Crippen LogP contribution in [-0.4, -0.2) is 49.6 Å². The van der Waals surface area contributed by atoms with Gasteiger partial charge in [-0.3, -0.25) is 9.69 Å². The second-order valence-corrected chi connectivity index (χ2v) is 6.30. The number of para-hydroxylation sites is 1. The van der Waals surface area contributed by atoms with Gasteiger partial charge in [0.05, 0.1) is 32.0 Å². The molecule has 1 aromatic carbocycles. The first-order valence-corrected chi connectivity index (χ1v) is 9.15. The van der Waals surface area contributed by atoms with Crippen LogP contribution in [0.1, 0.15) is 19.5 Å². The summed E-state index contributed by atoms with van der Waals surface area (Å²) < 4.78 is 10.8. The predicted octanol–water partition coefficient (Wildman–Crippen LogP) is 2.79. The fraction of sp³-hybridized carbons (Fsp3) is 0.444. The molecular weight excluding hydrogens is 338 g/mol. The molecule has 1 aromatic heterocycles. The highest BCUT2D eigenvalue weighted by atomic mass is 32.1. The van der Waals surface area contributed by atoms with Gasteiger partial charge >= 0.3 is 0 Å². The number of ether oxygens (including phenoxy) is 2. The summed E-state index contributed by atoms with van der Waals surface area (Å²) >= 11 is 1.56. The Morgan fingerprint density at radius 1 is 1.28 bits per heavy atom. The number of rotatable bonds is 9. The van der Waals surface area contributed by atoms with E-state index in [-0.39, 0.29) is 5.91 Å². The number of hydrogen-bond acceptors (Lipinski definition) is 6. The number of benzene rings is 1. The molecule has 7 heteroatoms. The molecular formula is C18H25N3O3S. The van der Waals surface area contributed by atoms with Crippen molar-refractivity contribution >= 4 is 17.2 Å². The summed E-state index contributed by atoms with van der Waals surface area (Å²) in [5.41, 5.74) is 1.85. The van der Waals surface area contributed by atoms with E-state index in [1.54, 1.807) is 25.6 Å². The molecule has 1 amide bonds. The highest BCUT2D eigenvalue weighted by Crippen LogP contribution is 2.39. The molecule has 0 radical (unpaired) electrons. The van der Waals surface area contributed by atoms with E-state index >= 15 is 0 Å². The Morgan fingerprint density at radius 3 is 2.72 bits per heavy atom. The van der Waals surface area contributed by atoms with Crippen LogP contribution in [0.15, 0.2) is 23.6 Å². The molecule has 0 saturated carbocycles. The van der Waals surface area contributed by atoms with E-state index in [2.05, 4.69) is 10.2 Å². The van der Waals surface area contributed by atoms with Gasteiger partial charge in [0.15, 0.2) is 11.5 Å². The molecule has 136 valence electrons. The van der Waals surface area contributed by atoms with E-state index in [1.807, 2.05) is 37.4 Å². The van der Waals surface area contributed by atoms with Gasteiger partial charge in [-0.2, -0.15) is 0 Å². The van der Waals surface area contributed by atoms with Crippen LogP contribution >= 0.6 is 11.3 Å². The predicted molar refractivity (Wildman–Crippen MR) is 100 cm³/mol. The highest BCUT2D eigenvalue weighted by molar-refractivity contribution is 7.13. The van der Waals surface area contributed by atoms with Crippen molar-refractivity contribution in [3.63, 3.8) is 0 Å². The van der Waals surface area contributed by atoms with Gasteiger partial charge in [-0.15, -0.1) is 11.3 Å². The first kappa shape index (κ1) is 19.2. The van der Waals surface area contributed by atoms with E-state index in [0.29, 0.717) is 31.1 Å². The Hall–Kier alpha value is -2.12. The van der Waals surface area contributed by atoms with Crippen LogP contribution in [0.5, 0.6) is 11.5 Å². The summed E-state index contributed by atoms with van der Waals surface area (Å²) in [5.74, 6) is 1.40. The molecule has 25 heavy (non-hydrogen) atoms. The number of amides is 1. The molecule has 2 rings (SSSR count). The van der Waals surface area contributed by atoms with Crippen molar-refractivity contribution in [2.24, 2.45) is 0 Å². The van der Waals surface area contributed by atoms with Gasteiger partial charge in [0.25, 0.3) is 0 Å². The van der Waals surface area contributed by atoms with Crippen molar-refractivity contribution in [3.8, 4) is 22.1 Å². The lowest BCUT2D eigenvalue weighted by atomic mass is 10.2.